The summed E-state index contributed by atoms with van der Waals surface area (Å²) in [6.45, 7) is 4.32. The molecule has 0 bridgehead atoms. The van der Waals surface area contributed by atoms with Crippen LogP contribution in [-0.2, 0) is 4.74 Å². The number of nitrogens with zero attached hydrogens (tertiary/aromatic N) is 2. The molecule has 0 spiro atoms. The van der Waals surface area contributed by atoms with Crippen molar-refractivity contribution in [3.63, 3.8) is 0 Å². The maximum Gasteiger partial charge on any atom is 0.241 e. The molecule has 0 aliphatic heterocycles. The van der Waals surface area contributed by atoms with E-state index in [0.717, 1.165) is 11.3 Å². The molecule has 0 saturated carbocycles. The van der Waals surface area contributed by atoms with Crippen LogP contribution in [0.15, 0.2) is 34.5 Å². The molecule has 6 heteroatoms. The van der Waals surface area contributed by atoms with Gasteiger partial charge in [0.25, 0.3) is 0 Å². The van der Waals surface area contributed by atoms with Crippen LogP contribution in [0.4, 0.5) is 0 Å². The summed E-state index contributed by atoms with van der Waals surface area (Å²) in [5, 5.41) is 7.35. The van der Waals surface area contributed by atoms with Gasteiger partial charge in [0.2, 0.25) is 5.90 Å². The summed E-state index contributed by atoms with van der Waals surface area (Å²) in [5.41, 5.74) is 6.19. The zero-order valence-corrected chi connectivity index (χ0v) is 11.2. The molecule has 1 aromatic rings. The van der Waals surface area contributed by atoms with E-state index < -0.39 is 0 Å². The van der Waals surface area contributed by atoms with Gasteiger partial charge >= 0.3 is 0 Å². The minimum absolute atomic E-state index is 0.449. The second kappa shape index (κ2) is 8.54. The molecule has 0 atom stereocenters. The van der Waals surface area contributed by atoms with Crippen molar-refractivity contribution in [1.29, 1.82) is 0 Å². The standard InChI is InChI=1S/C12H17N3O2S/c1-14-15-12(17-9-18-2)10-3-5-11(6-4-10)16-8-7-13/h3-6H,1,7-9,13H2,2H3/b15-12-. The lowest BCUT2D eigenvalue weighted by Crippen LogP contribution is -2.11. The predicted molar refractivity (Wildman–Crippen MR) is 76.5 cm³/mol. The molecule has 0 heterocycles. The van der Waals surface area contributed by atoms with Crippen LogP contribution in [0.2, 0.25) is 0 Å². The highest BCUT2D eigenvalue weighted by atomic mass is 32.2. The molecular weight excluding hydrogens is 250 g/mol. The molecule has 0 radical (unpaired) electrons. The zero-order chi connectivity index (χ0) is 13.2. The summed E-state index contributed by atoms with van der Waals surface area (Å²) in [6, 6.07) is 7.39. The van der Waals surface area contributed by atoms with E-state index in [1.807, 2.05) is 30.5 Å². The van der Waals surface area contributed by atoms with Crippen LogP contribution < -0.4 is 10.5 Å². The summed E-state index contributed by atoms with van der Waals surface area (Å²) in [4.78, 5) is 0. The Bertz CT molecular complexity index is 393. The van der Waals surface area contributed by atoms with Gasteiger partial charge in [-0.05, 0) is 30.5 Å². The number of ether oxygens (including phenoxy) is 2. The average molecular weight is 267 g/mol. The largest absolute Gasteiger partial charge is 0.492 e. The first-order chi connectivity index (χ1) is 8.81. The van der Waals surface area contributed by atoms with E-state index >= 15 is 0 Å². The predicted octanol–water partition coefficient (Wildman–Crippen LogP) is 1.72. The van der Waals surface area contributed by atoms with Gasteiger partial charge < -0.3 is 15.2 Å². The highest BCUT2D eigenvalue weighted by Crippen LogP contribution is 2.14. The van der Waals surface area contributed by atoms with Gasteiger partial charge in [-0.3, -0.25) is 0 Å². The molecule has 0 saturated heterocycles. The quantitative estimate of drug-likeness (QED) is 0.353. The third kappa shape index (κ3) is 4.77. The van der Waals surface area contributed by atoms with Gasteiger partial charge in [-0.1, -0.05) is 0 Å². The van der Waals surface area contributed by atoms with Crippen molar-refractivity contribution in [2.75, 3.05) is 25.3 Å². The van der Waals surface area contributed by atoms with Crippen LogP contribution >= 0.6 is 11.8 Å². The van der Waals surface area contributed by atoms with Crippen LogP contribution in [0.25, 0.3) is 0 Å². The second-order valence-electron chi connectivity index (χ2n) is 3.26. The average Bonchev–Trinajstić information content (AvgIpc) is 2.42. The van der Waals surface area contributed by atoms with Crippen molar-refractivity contribution < 1.29 is 9.47 Å². The van der Waals surface area contributed by atoms with Gasteiger partial charge in [0.05, 0.1) is 0 Å². The summed E-state index contributed by atoms with van der Waals surface area (Å²) in [6.07, 6.45) is 1.95. The number of thioether (sulfide) groups is 1. The normalized spacial score (nSPS) is 11.1. The van der Waals surface area contributed by atoms with Gasteiger partial charge in [-0.25, -0.2) is 0 Å². The summed E-state index contributed by atoms with van der Waals surface area (Å²) in [7, 11) is 0. The lowest BCUT2D eigenvalue weighted by molar-refractivity contribution is 0.328. The van der Waals surface area contributed by atoms with Crippen molar-refractivity contribution >= 4 is 24.4 Å². The van der Waals surface area contributed by atoms with Gasteiger partial charge in [0.15, 0.2) is 0 Å². The Labute approximate surface area is 111 Å². The fourth-order valence-corrected chi connectivity index (χ4v) is 1.45. The molecule has 0 unspecified atom stereocenters. The van der Waals surface area contributed by atoms with Gasteiger partial charge in [0, 0.05) is 18.8 Å². The first-order valence-corrected chi connectivity index (χ1v) is 6.80. The van der Waals surface area contributed by atoms with Crippen LogP contribution in [0, 0.1) is 0 Å². The Morgan fingerprint density at radius 1 is 1.39 bits per heavy atom. The van der Waals surface area contributed by atoms with E-state index in [1.54, 1.807) is 11.8 Å². The summed E-state index contributed by atoms with van der Waals surface area (Å²) in [5.74, 6) is 1.73. The van der Waals surface area contributed by atoms with Crippen molar-refractivity contribution in [2.24, 2.45) is 15.9 Å². The number of benzene rings is 1. The molecule has 0 fully saturated rings. The molecule has 5 nitrogen and oxygen atoms in total. The third-order valence-corrected chi connectivity index (χ3v) is 2.32. The number of hydrogen-bond donors (Lipinski definition) is 1. The van der Waals surface area contributed by atoms with Crippen molar-refractivity contribution in [1.82, 2.24) is 0 Å². The monoisotopic (exact) mass is 267 g/mol. The summed E-state index contributed by atoms with van der Waals surface area (Å²) < 4.78 is 10.8. The van der Waals surface area contributed by atoms with Gasteiger partial charge in [0.1, 0.15) is 18.3 Å². The maximum absolute atomic E-state index is 5.46. The van der Waals surface area contributed by atoms with Crippen LogP contribution in [0.1, 0.15) is 5.56 Å². The molecule has 0 aliphatic rings. The van der Waals surface area contributed by atoms with E-state index in [9.17, 15) is 0 Å². The third-order valence-electron chi connectivity index (χ3n) is 1.96. The summed E-state index contributed by atoms with van der Waals surface area (Å²) >= 11 is 1.56. The second-order valence-corrected chi connectivity index (χ2v) is 4.07. The molecule has 1 aromatic carbocycles. The Balaban J connectivity index is 2.73. The first kappa shape index (κ1) is 14.5. The molecule has 0 amide bonds. The molecule has 18 heavy (non-hydrogen) atoms. The Hall–Kier alpha value is -1.53. The maximum atomic E-state index is 5.46. The van der Waals surface area contributed by atoms with Crippen LogP contribution in [-0.4, -0.2) is 38.0 Å². The fourth-order valence-electron chi connectivity index (χ4n) is 1.22. The van der Waals surface area contributed by atoms with Gasteiger partial charge in [-0.2, -0.15) is 5.10 Å². The smallest absolute Gasteiger partial charge is 0.241 e. The lowest BCUT2D eigenvalue weighted by Gasteiger charge is -2.08. The minimum Gasteiger partial charge on any atom is -0.492 e. The van der Waals surface area contributed by atoms with Crippen LogP contribution in [0.3, 0.4) is 0 Å². The zero-order valence-electron chi connectivity index (χ0n) is 10.3. The van der Waals surface area contributed by atoms with Gasteiger partial charge in [-0.15, -0.1) is 16.9 Å². The minimum atomic E-state index is 0.449. The molecule has 0 aromatic heterocycles. The van der Waals surface area contributed by atoms with E-state index in [1.165, 1.54) is 0 Å². The number of nitrogens with two attached hydrogens (primary N) is 1. The SMILES string of the molecule is C=N/N=C(\OCSC)c1ccc(OCCN)cc1. The number of hydrogen-bond acceptors (Lipinski definition) is 6. The molecular formula is C12H17N3O2S. The molecule has 98 valence electrons. The first-order valence-electron chi connectivity index (χ1n) is 5.40. The van der Waals surface area contributed by atoms with Crippen LogP contribution in [0.5, 0.6) is 5.75 Å². The molecule has 2 N–H and O–H groups in total. The number of rotatable bonds is 7. The Morgan fingerprint density at radius 2 is 2.11 bits per heavy atom. The molecule has 0 aliphatic carbocycles. The fraction of sp³-hybridized carbons (Fsp3) is 0.333. The van der Waals surface area contributed by atoms with Crippen molar-refractivity contribution in [2.45, 2.75) is 0 Å². The highest BCUT2D eigenvalue weighted by molar-refractivity contribution is 7.98. The molecule has 1 rings (SSSR count). The van der Waals surface area contributed by atoms with Crippen molar-refractivity contribution in [3.05, 3.63) is 29.8 Å². The lowest BCUT2D eigenvalue weighted by atomic mass is 10.2. The highest BCUT2D eigenvalue weighted by Gasteiger charge is 2.05. The van der Waals surface area contributed by atoms with Crippen molar-refractivity contribution in [3.8, 4) is 5.75 Å². The van der Waals surface area contributed by atoms with E-state index in [-0.39, 0.29) is 0 Å². The Morgan fingerprint density at radius 3 is 2.67 bits per heavy atom. The van der Waals surface area contributed by atoms with E-state index in [0.29, 0.717) is 25.0 Å². The van der Waals surface area contributed by atoms with E-state index in [4.69, 9.17) is 15.2 Å². The topological polar surface area (TPSA) is 69.2 Å². The Kier molecular flexibility index (Phi) is 6.90. The van der Waals surface area contributed by atoms with E-state index in [2.05, 4.69) is 16.9 Å².